The van der Waals surface area contributed by atoms with Gasteiger partial charge in [0.1, 0.15) is 12.2 Å². The summed E-state index contributed by atoms with van der Waals surface area (Å²) in [5.74, 6) is -0.388. The van der Waals surface area contributed by atoms with Gasteiger partial charge in [0.25, 0.3) is 11.8 Å². The number of ether oxygens (including phenoxy) is 2. The molecule has 1 fully saturated rings. The topological polar surface area (TPSA) is 84.9 Å². The molecule has 37 heavy (non-hydrogen) atoms. The molecule has 0 aliphatic carbocycles. The van der Waals surface area contributed by atoms with E-state index in [1.54, 1.807) is 37.3 Å². The highest BCUT2D eigenvalue weighted by atomic mass is 127. The van der Waals surface area contributed by atoms with E-state index in [1.165, 1.54) is 11.6 Å². The predicted molar refractivity (Wildman–Crippen MR) is 154 cm³/mol. The smallest absolute Gasteiger partial charge is 0.335 e. The number of carbonyl (C=O) groups excluding carboxylic acids is 3. The van der Waals surface area contributed by atoms with E-state index in [9.17, 15) is 14.4 Å². The molecule has 0 radical (unpaired) electrons. The molecule has 0 aromatic heterocycles. The van der Waals surface area contributed by atoms with Gasteiger partial charge in [-0.3, -0.25) is 14.9 Å². The Labute approximate surface area is 237 Å². The van der Waals surface area contributed by atoms with Gasteiger partial charge < -0.3 is 9.47 Å². The first-order valence-electron chi connectivity index (χ1n) is 11.5. The SMILES string of the molecule is CCOc1cc(/C=C2/C(=O)NC(=O)N(c3ccc(Br)cc3C)C2=O)cc(I)c1OCc1ccc(C)cc1. The van der Waals surface area contributed by atoms with Crippen LogP contribution in [-0.4, -0.2) is 24.5 Å². The summed E-state index contributed by atoms with van der Waals surface area (Å²) < 4.78 is 13.5. The van der Waals surface area contributed by atoms with Crippen molar-refractivity contribution in [1.82, 2.24) is 5.32 Å². The lowest BCUT2D eigenvalue weighted by atomic mass is 10.1. The molecule has 3 aromatic rings. The number of hydrogen-bond acceptors (Lipinski definition) is 5. The zero-order valence-electron chi connectivity index (χ0n) is 20.4. The van der Waals surface area contributed by atoms with Crippen LogP contribution in [0.5, 0.6) is 11.5 Å². The highest BCUT2D eigenvalue weighted by Gasteiger charge is 2.37. The molecule has 1 heterocycles. The van der Waals surface area contributed by atoms with E-state index >= 15 is 0 Å². The van der Waals surface area contributed by atoms with E-state index in [-0.39, 0.29) is 5.57 Å². The Balaban J connectivity index is 1.67. The van der Waals surface area contributed by atoms with Gasteiger partial charge in [0, 0.05) is 4.47 Å². The number of anilines is 1. The van der Waals surface area contributed by atoms with Crippen molar-refractivity contribution in [3.8, 4) is 11.5 Å². The van der Waals surface area contributed by atoms with Crippen molar-refractivity contribution in [1.29, 1.82) is 0 Å². The minimum atomic E-state index is -0.790. The minimum Gasteiger partial charge on any atom is -0.490 e. The minimum absolute atomic E-state index is 0.159. The zero-order chi connectivity index (χ0) is 26.7. The number of amides is 4. The molecule has 4 rings (SSSR count). The van der Waals surface area contributed by atoms with Gasteiger partial charge in [-0.05, 0) is 96.5 Å². The fourth-order valence-corrected chi connectivity index (χ4v) is 5.08. The summed E-state index contributed by atoms with van der Waals surface area (Å²) in [6.45, 7) is 6.44. The van der Waals surface area contributed by atoms with Crippen LogP contribution in [0.3, 0.4) is 0 Å². The fourth-order valence-electron chi connectivity index (χ4n) is 3.83. The summed E-state index contributed by atoms with van der Waals surface area (Å²) in [5, 5.41) is 2.27. The van der Waals surface area contributed by atoms with Gasteiger partial charge in [0.15, 0.2) is 11.5 Å². The Hall–Kier alpha value is -3.18. The number of benzene rings is 3. The highest BCUT2D eigenvalue weighted by Crippen LogP contribution is 2.36. The van der Waals surface area contributed by atoms with E-state index in [0.717, 1.165) is 18.5 Å². The van der Waals surface area contributed by atoms with Crippen molar-refractivity contribution >= 4 is 68.1 Å². The van der Waals surface area contributed by atoms with Crippen LogP contribution in [0.1, 0.15) is 29.2 Å². The van der Waals surface area contributed by atoms with Crippen LogP contribution in [0.2, 0.25) is 0 Å². The van der Waals surface area contributed by atoms with Crippen molar-refractivity contribution in [2.24, 2.45) is 0 Å². The molecular weight excluding hydrogens is 651 g/mol. The number of hydrogen-bond donors (Lipinski definition) is 1. The van der Waals surface area contributed by atoms with Gasteiger partial charge in [0.05, 0.1) is 15.9 Å². The van der Waals surface area contributed by atoms with Crippen LogP contribution in [0.15, 0.2) is 64.6 Å². The summed E-state index contributed by atoms with van der Waals surface area (Å²) in [6.07, 6.45) is 1.46. The fraction of sp³-hybridized carbons (Fsp3) is 0.179. The molecule has 190 valence electrons. The van der Waals surface area contributed by atoms with Crippen molar-refractivity contribution in [2.75, 3.05) is 11.5 Å². The Kier molecular flexibility index (Phi) is 8.33. The molecule has 7 nitrogen and oxygen atoms in total. The predicted octanol–water partition coefficient (Wildman–Crippen LogP) is 6.31. The Morgan fingerprint density at radius 1 is 1.00 bits per heavy atom. The molecule has 0 spiro atoms. The van der Waals surface area contributed by atoms with E-state index in [2.05, 4.69) is 43.8 Å². The van der Waals surface area contributed by atoms with Crippen LogP contribution in [0, 0.1) is 17.4 Å². The third-order valence-corrected chi connectivity index (χ3v) is 6.94. The maximum absolute atomic E-state index is 13.3. The van der Waals surface area contributed by atoms with Crippen LogP contribution in [0.25, 0.3) is 6.08 Å². The van der Waals surface area contributed by atoms with E-state index in [1.807, 2.05) is 38.1 Å². The maximum Gasteiger partial charge on any atom is 0.335 e. The van der Waals surface area contributed by atoms with Gasteiger partial charge in [0.2, 0.25) is 0 Å². The maximum atomic E-state index is 13.3. The summed E-state index contributed by atoms with van der Waals surface area (Å²) in [7, 11) is 0. The number of rotatable bonds is 7. The highest BCUT2D eigenvalue weighted by molar-refractivity contribution is 14.1. The van der Waals surface area contributed by atoms with Gasteiger partial charge in [-0.15, -0.1) is 0 Å². The molecule has 9 heteroatoms. The third-order valence-electron chi connectivity index (χ3n) is 5.65. The Bertz CT molecular complexity index is 1420. The molecular formula is C28H24BrIN2O5. The van der Waals surface area contributed by atoms with Gasteiger partial charge in [-0.1, -0.05) is 45.8 Å². The lowest BCUT2D eigenvalue weighted by Gasteiger charge is -2.27. The lowest BCUT2D eigenvalue weighted by Crippen LogP contribution is -2.54. The number of aryl methyl sites for hydroxylation is 2. The number of nitrogens with one attached hydrogen (secondary N) is 1. The molecule has 0 saturated carbocycles. The second kappa shape index (κ2) is 11.5. The summed E-state index contributed by atoms with van der Waals surface area (Å²) in [5.41, 5.74) is 3.70. The number of barbiturate groups is 1. The quantitative estimate of drug-likeness (QED) is 0.180. The largest absolute Gasteiger partial charge is 0.490 e. The van der Waals surface area contributed by atoms with Crippen LogP contribution >= 0.6 is 38.5 Å². The number of halogens is 2. The van der Waals surface area contributed by atoms with Crippen molar-refractivity contribution in [2.45, 2.75) is 27.4 Å². The Morgan fingerprint density at radius 2 is 1.73 bits per heavy atom. The normalized spacial score (nSPS) is 14.7. The molecule has 1 aliphatic rings. The van der Waals surface area contributed by atoms with Crippen molar-refractivity contribution in [3.05, 3.63) is 90.5 Å². The average Bonchev–Trinajstić information content (AvgIpc) is 2.84. The number of nitrogens with zero attached hydrogens (tertiary/aromatic N) is 1. The summed E-state index contributed by atoms with van der Waals surface area (Å²) in [6, 6.07) is 16.0. The van der Waals surface area contributed by atoms with Crippen molar-refractivity contribution in [3.63, 3.8) is 0 Å². The standard InChI is InChI=1S/C28H24BrIN2O5/c1-4-36-24-14-19(13-22(30)25(24)37-15-18-7-5-16(2)6-8-18)12-21-26(33)31-28(35)32(27(21)34)23-10-9-20(29)11-17(23)3/h5-14H,4,15H2,1-3H3,(H,31,33,35)/b21-12-. The lowest BCUT2D eigenvalue weighted by molar-refractivity contribution is -0.122. The van der Waals surface area contributed by atoms with Crippen molar-refractivity contribution < 1.29 is 23.9 Å². The molecule has 3 aromatic carbocycles. The molecule has 4 amide bonds. The van der Waals surface area contributed by atoms with Gasteiger partial charge >= 0.3 is 6.03 Å². The zero-order valence-corrected chi connectivity index (χ0v) is 24.2. The first kappa shape index (κ1) is 26.9. The third kappa shape index (κ3) is 6.04. The molecule has 1 saturated heterocycles. The molecule has 0 bridgehead atoms. The van der Waals surface area contributed by atoms with Crippen LogP contribution in [-0.2, 0) is 16.2 Å². The van der Waals surface area contributed by atoms with E-state index in [0.29, 0.717) is 41.5 Å². The molecule has 0 unspecified atom stereocenters. The van der Waals surface area contributed by atoms with Crippen LogP contribution < -0.4 is 19.7 Å². The number of carbonyl (C=O) groups is 3. The van der Waals surface area contributed by atoms with Gasteiger partial charge in [-0.2, -0.15) is 0 Å². The first-order valence-corrected chi connectivity index (χ1v) is 13.4. The monoisotopic (exact) mass is 674 g/mol. The van der Waals surface area contributed by atoms with E-state index < -0.39 is 17.8 Å². The summed E-state index contributed by atoms with van der Waals surface area (Å²) >= 11 is 5.52. The first-order chi connectivity index (χ1) is 17.7. The number of urea groups is 1. The average molecular weight is 675 g/mol. The second-order valence-electron chi connectivity index (χ2n) is 8.43. The second-order valence-corrected chi connectivity index (χ2v) is 10.5. The van der Waals surface area contributed by atoms with E-state index in [4.69, 9.17) is 9.47 Å². The number of imide groups is 2. The molecule has 1 N–H and O–H groups in total. The molecule has 0 atom stereocenters. The van der Waals surface area contributed by atoms with Crippen LogP contribution in [0.4, 0.5) is 10.5 Å². The Morgan fingerprint density at radius 3 is 2.41 bits per heavy atom. The van der Waals surface area contributed by atoms with Gasteiger partial charge in [-0.25, -0.2) is 9.69 Å². The molecule has 1 aliphatic heterocycles. The summed E-state index contributed by atoms with van der Waals surface area (Å²) in [4.78, 5) is 39.6.